The first-order valence-electron chi connectivity index (χ1n) is 13.2. The molecule has 0 aliphatic rings. The molecule has 0 bridgehead atoms. The Kier molecular flexibility index (Phi) is 10.7. The van der Waals surface area contributed by atoms with Crippen molar-refractivity contribution in [2.24, 2.45) is 0 Å². The fourth-order valence-electron chi connectivity index (χ4n) is 4.06. The van der Waals surface area contributed by atoms with Crippen LogP contribution in [0.5, 0.6) is 0 Å². The maximum Gasteiger partial charge on any atom is 0.416 e. The molecular formula is C30H33ClF3N3O4S. The van der Waals surface area contributed by atoms with E-state index in [0.29, 0.717) is 27.4 Å². The van der Waals surface area contributed by atoms with Crippen molar-refractivity contribution in [1.82, 2.24) is 10.2 Å². The van der Waals surface area contributed by atoms with Crippen molar-refractivity contribution in [2.45, 2.75) is 63.8 Å². The van der Waals surface area contributed by atoms with E-state index in [1.807, 2.05) is 6.92 Å². The predicted octanol–water partition coefficient (Wildman–Crippen LogP) is 6.19. The van der Waals surface area contributed by atoms with Gasteiger partial charge in [0.1, 0.15) is 12.6 Å². The Morgan fingerprint density at radius 1 is 0.976 bits per heavy atom. The summed E-state index contributed by atoms with van der Waals surface area (Å²) in [5.41, 5.74) is -0.163. The zero-order chi connectivity index (χ0) is 31.2. The first-order chi connectivity index (χ1) is 19.6. The number of alkyl halides is 3. The molecule has 12 heteroatoms. The van der Waals surface area contributed by atoms with Crippen molar-refractivity contribution >= 4 is 39.1 Å². The molecule has 2 amide bonds. The van der Waals surface area contributed by atoms with Crippen LogP contribution in [0, 0.1) is 6.92 Å². The van der Waals surface area contributed by atoms with Crippen LogP contribution < -0.4 is 9.62 Å². The number of amides is 2. The summed E-state index contributed by atoms with van der Waals surface area (Å²) >= 11 is 6.34. The Bertz CT molecular complexity index is 1510. The molecule has 0 heterocycles. The number of halogens is 4. The first kappa shape index (κ1) is 32.9. The highest BCUT2D eigenvalue weighted by atomic mass is 35.5. The third-order valence-electron chi connectivity index (χ3n) is 6.82. The minimum absolute atomic E-state index is 0.144. The van der Waals surface area contributed by atoms with Gasteiger partial charge in [0.05, 0.1) is 16.1 Å². The van der Waals surface area contributed by atoms with Crippen LogP contribution >= 0.6 is 11.6 Å². The average molecular weight is 624 g/mol. The number of carbonyl (C=O) groups excluding carboxylic acids is 2. The number of nitrogens with zero attached hydrogens (tertiary/aromatic N) is 2. The van der Waals surface area contributed by atoms with Crippen LogP contribution in [0.4, 0.5) is 18.9 Å². The molecule has 0 saturated heterocycles. The topological polar surface area (TPSA) is 86.8 Å². The number of anilines is 1. The Morgan fingerprint density at radius 2 is 1.62 bits per heavy atom. The molecule has 0 radical (unpaired) electrons. The standard InChI is InChI=1S/C30H33ClF3N3O4S/c1-5-21(3)35-29(39)22(4)36(18-23-9-6-7-12-27(23)31)28(38)19-37(25-11-8-10-24(17-25)30(32,33)34)42(40,41)26-15-13-20(2)14-16-26/h6-17,21-22H,5,18-19H2,1-4H3,(H,35,39)/t21-,22+/m0/s1. The predicted molar refractivity (Wildman–Crippen MR) is 157 cm³/mol. The number of aryl methyl sites for hydroxylation is 1. The second kappa shape index (κ2) is 13.6. The summed E-state index contributed by atoms with van der Waals surface area (Å²) < 4.78 is 69.1. The normalized spacial score (nSPS) is 13.2. The van der Waals surface area contributed by atoms with Gasteiger partial charge in [-0.1, -0.05) is 60.5 Å². The summed E-state index contributed by atoms with van der Waals surface area (Å²) in [5.74, 6) is -1.29. The van der Waals surface area contributed by atoms with E-state index in [4.69, 9.17) is 11.6 Å². The van der Waals surface area contributed by atoms with Gasteiger partial charge in [0.25, 0.3) is 10.0 Å². The van der Waals surface area contributed by atoms with E-state index in [9.17, 15) is 31.2 Å². The third-order valence-corrected chi connectivity index (χ3v) is 8.97. The molecule has 226 valence electrons. The molecule has 1 N–H and O–H groups in total. The molecule has 0 spiro atoms. The van der Waals surface area contributed by atoms with Crippen molar-refractivity contribution in [3.8, 4) is 0 Å². The van der Waals surface area contributed by atoms with E-state index in [2.05, 4.69) is 5.32 Å². The minimum atomic E-state index is -4.75. The average Bonchev–Trinajstić information content (AvgIpc) is 2.94. The Labute approximate surface area is 249 Å². The van der Waals surface area contributed by atoms with E-state index < -0.39 is 46.2 Å². The van der Waals surface area contributed by atoms with Gasteiger partial charge >= 0.3 is 6.18 Å². The smallest absolute Gasteiger partial charge is 0.352 e. The lowest BCUT2D eigenvalue weighted by atomic mass is 10.1. The summed E-state index contributed by atoms with van der Waals surface area (Å²) in [7, 11) is -4.52. The molecule has 0 fully saturated rings. The summed E-state index contributed by atoms with van der Waals surface area (Å²) in [4.78, 5) is 28.0. The van der Waals surface area contributed by atoms with Crippen LogP contribution in [-0.4, -0.2) is 43.8 Å². The van der Waals surface area contributed by atoms with Crippen molar-refractivity contribution in [3.63, 3.8) is 0 Å². The number of hydrogen-bond donors (Lipinski definition) is 1. The minimum Gasteiger partial charge on any atom is -0.352 e. The molecule has 3 aromatic carbocycles. The van der Waals surface area contributed by atoms with Gasteiger partial charge in [-0.2, -0.15) is 13.2 Å². The number of rotatable bonds is 11. The molecule has 42 heavy (non-hydrogen) atoms. The number of benzene rings is 3. The van der Waals surface area contributed by atoms with Gasteiger partial charge in [0, 0.05) is 17.6 Å². The highest BCUT2D eigenvalue weighted by Crippen LogP contribution is 2.33. The van der Waals surface area contributed by atoms with E-state index in [1.54, 1.807) is 50.2 Å². The van der Waals surface area contributed by atoms with Crippen LogP contribution in [0.15, 0.2) is 77.7 Å². The van der Waals surface area contributed by atoms with Gasteiger partial charge < -0.3 is 10.2 Å². The van der Waals surface area contributed by atoms with Gasteiger partial charge in [0.2, 0.25) is 11.8 Å². The number of nitrogens with one attached hydrogen (secondary N) is 1. The zero-order valence-electron chi connectivity index (χ0n) is 23.7. The monoisotopic (exact) mass is 623 g/mol. The summed E-state index contributed by atoms with van der Waals surface area (Å²) in [6.45, 7) is 5.91. The quantitative estimate of drug-likeness (QED) is 0.276. The molecular weight excluding hydrogens is 591 g/mol. The SMILES string of the molecule is CC[C@H](C)NC(=O)[C@@H](C)N(Cc1ccccc1Cl)C(=O)CN(c1cccc(C(F)(F)F)c1)S(=O)(=O)c1ccc(C)cc1. The number of carbonyl (C=O) groups is 2. The lowest BCUT2D eigenvalue weighted by molar-refractivity contribution is -0.139. The molecule has 3 rings (SSSR count). The maximum atomic E-state index is 13.9. The Balaban J connectivity index is 2.10. The fourth-order valence-corrected chi connectivity index (χ4v) is 5.66. The molecule has 0 aromatic heterocycles. The Morgan fingerprint density at radius 3 is 2.21 bits per heavy atom. The molecule has 0 saturated carbocycles. The van der Waals surface area contributed by atoms with Crippen molar-refractivity contribution in [1.29, 1.82) is 0 Å². The molecule has 0 aliphatic heterocycles. The highest BCUT2D eigenvalue weighted by Gasteiger charge is 2.35. The largest absolute Gasteiger partial charge is 0.416 e. The fraction of sp³-hybridized carbons (Fsp3) is 0.333. The van der Waals surface area contributed by atoms with Crippen molar-refractivity contribution < 1.29 is 31.2 Å². The molecule has 7 nitrogen and oxygen atoms in total. The molecule has 2 atom stereocenters. The van der Waals surface area contributed by atoms with Crippen LogP contribution in [0.2, 0.25) is 5.02 Å². The molecule has 3 aromatic rings. The summed E-state index contributed by atoms with van der Waals surface area (Å²) in [6.07, 6.45) is -4.12. The first-order valence-corrected chi connectivity index (χ1v) is 15.1. The van der Waals surface area contributed by atoms with Gasteiger partial charge in [-0.05, 0) is 69.2 Å². The second-order valence-corrected chi connectivity index (χ2v) is 12.2. The van der Waals surface area contributed by atoms with E-state index in [1.165, 1.54) is 30.0 Å². The van der Waals surface area contributed by atoms with Crippen molar-refractivity contribution in [2.75, 3.05) is 10.8 Å². The van der Waals surface area contributed by atoms with E-state index >= 15 is 0 Å². The van der Waals surface area contributed by atoms with Gasteiger partial charge in [0.15, 0.2) is 0 Å². The molecule has 0 unspecified atom stereocenters. The second-order valence-electron chi connectivity index (χ2n) is 9.98. The van der Waals surface area contributed by atoms with Crippen LogP contribution in [0.3, 0.4) is 0 Å². The zero-order valence-corrected chi connectivity index (χ0v) is 25.2. The lowest BCUT2D eigenvalue weighted by Crippen LogP contribution is -2.52. The van der Waals surface area contributed by atoms with Gasteiger partial charge in [-0.15, -0.1) is 0 Å². The Hall–Kier alpha value is -3.57. The summed E-state index contributed by atoms with van der Waals surface area (Å²) in [6, 6.07) is 14.9. The van der Waals surface area contributed by atoms with Crippen molar-refractivity contribution in [3.05, 3.63) is 94.5 Å². The highest BCUT2D eigenvalue weighted by molar-refractivity contribution is 7.92. The van der Waals surface area contributed by atoms with E-state index in [-0.39, 0.29) is 23.2 Å². The van der Waals surface area contributed by atoms with Crippen LogP contribution in [-0.2, 0) is 32.3 Å². The number of sulfonamides is 1. The molecule has 0 aliphatic carbocycles. The van der Waals surface area contributed by atoms with Crippen LogP contribution in [0.25, 0.3) is 0 Å². The maximum absolute atomic E-state index is 13.9. The number of hydrogen-bond acceptors (Lipinski definition) is 4. The van der Waals surface area contributed by atoms with Gasteiger partial charge in [-0.25, -0.2) is 8.42 Å². The third kappa shape index (κ3) is 8.04. The van der Waals surface area contributed by atoms with Crippen LogP contribution in [0.1, 0.15) is 43.9 Å². The van der Waals surface area contributed by atoms with Gasteiger partial charge in [-0.3, -0.25) is 13.9 Å². The van der Waals surface area contributed by atoms with E-state index in [0.717, 1.165) is 17.7 Å². The lowest BCUT2D eigenvalue weighted by Gasteiger charge is -2.32. The summed E-state index contributed by atoms with van der Waals surface area (Å²) in [5, 5.41) is 3.14.